The van der Waals surface area contributed by atoms with Gasteiger partial charge >= 0.3 is 0 Å². The van der Waals surface area contributed by atoms with Gasteiger partial charge in [0.15, 0.2) is 0 Å². The molecule has 1 N–H and O–H groups in total. The second-order valence-electron chi connectivity index (χ2n) is 5.87. The van der Waals surface area contributed by atoms with Gasteiger partial charge in [0.05, 0.1) is 5.75 Å². The third kappa shape index (κ3) is 3.25. The molecule has 0 atom stereocenters. The lowest BCUT2D eigenvalue weighted by Crippen LogP contribution is -2.15. The molecule has 1 aliphatic rings. The van der Waals surface area contributed by atoms with Crippen molar-refractivity contribution in [1.29, 1.82) is 0 Å². The van der Waals surface area contributed by atoms with Gasteiger partial charge in [-0.3, -0.25) is 4.72 Å². The number of rotatable bonds is 4. The van der Waals surface area contributed by atoms with Crippen molar-refractivity contribution in [3.05, 3.63) is 59.2 Å². The first-order chi connectivity index (χ1) is 10.4. The molecule has 0 fully saturated rings. The molecule has 0 bridgehead atoms. The summed E-state index contributed by atoms with van der Waals surface area (Å²) in [6.07, 6.45) is 0.958. The summed E-state index contributed by atoms with van der Waals surface area (Å²) in [7, 11) is -1.35. The summed E-state index contributed by atoms with van der Waals surface area (Å²) in [6, 6.07) is 13.3. The standard InChI is InChI=1S/C17H20N2O2S/c1-13-4-3-5-14(10-13)12-22(20,21)18-16-6-7-17-15(11-16)8-9-19(17)2/h3-7,10-11,18H,8-9,12H2,1-2H3. The van der Waals surface area contributed by atoms with E-state index in [-0.39, 0.29) is 5.75 Å². The fraction of sp³-hybridized carbons (Fsp3) is 0.294. The topological polar surface area (TPSA) is 49.4 Å². The number of sulfonamides is 1. The van der Waals surface area contributed by atoms with E-state index in [2.05, 4.69) is 9.62 Å². The number of likely N-dealkylation sites (N-methyl/N-ethyl adjacent to an activating group) is 1. The number of hydrogen-bond acceptors (Lipinski definition) is 3. The Balaban J connectivity index is 1.77. The Hall–Kier alpha value is -2.01. The van der Waals surface area contributed by atoms with Gasteiger partial charge in [0.1, 0.15) is 0 Å². The Labute approximate surface area is 131 Å². The van der Waals surface area contributed by atoms with E-state index in [4.69, 9.17) is 0 Å². The molecule has 2 aromatic rings. The van der Waals surface area contributed by atoms with Gasteiger partial charge in [-0.2, -0.15) is 0 Å². The van der Waals surface area contributed by atoms with Crippen molar-refractivity contribution in [2.24, 2.45) is 0 Å². The molecular weight excluding hydrogens is 296 g/mol. The Morgan fingerprint density at radius 3 is 2.77 bits per heavy atom. The van der Waals surface area contributed by atoms with Crippen molar-refractivity contribution in [2.75, 3.05) is 23.2 Å². The Morgan fingerprint density at radius 2 is 2.00 bits per heavy atom. The number of anilines is 2. The van der Waals surface area contributed by atoms with Crippen LogP contribution in [0.3, 0.4) is 0 Å². The maximum absolute atomic E-state index is 12.3. The van der Waals surface area contributed by atoms with Gasteiger partial charge < -0.3 is 4.90 Å². The molecule has 1 heterocycles. The fourth-order valence-electron chi connectivity index (χ4n) is 2.87. The maximum atomic E-state index is 12.3. The molecule has 0 saturated carbocycles. The van der Waals surface area contributed by atoms with Crippen LogP contribution in [0, 0.1) is 6.92 Å². The van der Waals surface area contributed by atoms with E-state index >= 15 is 0 Å². The first-order valence-corrected chi connectivity index (χ1v) is 8.98. The molecule has 0 radical (unpaired) electrons. The fourth-order valence-corrected chi connectivity index (χ4v) is 4.04. The maximum Gasteiger partial charge on any atom is 0.236 e. The highest BCUT2D eigenvalue weighted by Gasteiger charge is 2.17. The van der Waals surface area contributed by atoms with Gasteiger partial charge in [-0.15, -0.1) is 0 Å². The molecule has 3 rings (SSSR count). The van der Waals surface area contributed by atoms with Crippen molar-refractivity contribution < 1.29 is 8.42 Å². The zero-order valence-electron chi connectivity index (χ0n) is 12.8. The van der Waals surface area contributed by atoms with Crippen LogP contribution >= 0.6 is 0 Å². The Morgan fingerprint density at radius 1 is 1.18 bits per heavy atom. The van der Waals surface area contributed by atoms with Crippen LogP contribution in [-0.2, 0) is 22.2 Å². The number of hydrogen-bond donors (Lipinski definition) is 1. The molecule has 0 aromatic heterocycles. The SMILES string of the molecule is Cc1cccc(CS(=O)(=O)Nc2ccc3c(c2)CCN3C)c1. The van der Waals surface area contributed by atoms with Gasteiger partial charge in [-0.05, 0) is 42.7 Å². The molecule has 116 valence electrons. The molecule has 0 saturated heterocycles. The van der Waals surface area contributed by atoms with E-state index in [9.17, 15) is 8.42 Å². The molecule has 4 nitrogen and oxygen atoms in total. The molecular formula is C17H20N2O2S. The predicted molar refractivity (Wildman–Crippen MR) is 90.8 cm³/mol. The van der Waals surface area contributed by atoms with E-state index in [1.165, 1.54) is 11.3 Å². The van der Waals surface area contributed by atoms with Crippen LogP contribution < -0.4 is 9.62 Å². The monoisotopic (exact) mass is 316 g/mol. The summed E-state index contributed by atoms with van der Waals surface area (Å²) < 4.78 is 27.3. The van der Waals surface area contributed by atoms with Gasteiger partial charge in [-0.25, -0.2) is 8.42 Å². The summed E-state index contributed by atoms with van der Waals surface area (Å²) >= 11 is 0. The van der Waals surface area contributed by atoms with Gasteiger partial charge in [-0.1, -0.05) is 29.8 Å². The second kappa shape index (κ2) is 5.65. The summed E-state index contributed by atoms with van der Waals surface area (Å²) in [5, 5.41) is 0. The summed E-state index contributed by atoms with van der Waals surface area (Å²) in [5.41, 5.74) is 4.88. The molecule has 0 aliphatic carbocycles. The average molecular weight is 316 g/mol. The van der Waals surface area contributed by atoms with Crippen molar-refractivity contribution in [1.82, 2.24) is 0 Å². The zero-order valence-corrected chi connectivity index (χ0v) is 13.7. The number of benzene rings is 2. The van der Waals surface area contributed by atoms with Crippen LogP contribution in [0.1, 0.15) is 16.7 Å². The molecule has 5 heteroatoms. The highest BCUT2D eigenvalue weighted by atomic mass is 32.2. The van der Waals surface area contributed by atoms with E-state index < -0.39 is 10.0 Å². The van der Waals surface area contributed by atoms with Crippen molar-refractivity contribution in [3.8, 4) is 0 Å². The lowest BCUT2D eigenvalue weighted by atomic mass is 10.1. The number of aryl methyl sites for hydroxylation is 1. The summed E-state index contributed by atoms with van der Waals surface area (Å²) in [5.74, 6) is -0.00827. The summed E-state index contributed by atoms with van der Waals surface area (Å²) in [4.78, 5) is 2.18. The molecule has 2 aromatic carbocycles. The van der Waals surface area contributed by atoms with Crippen LogP contribution in [0.25, 0.3) is 0 Å². The zero-order chi connectivity index (χ0) is 15.7. The van der Waals surface area contributed by atoms with Crippen molar-refractivity contribution >= 4 is 21.4 Å². The van der Waals surface area contributed by atoms with Crippen LogP contribution in [0.5, 0.6) is 0 Å². The molecule has 0 unspecified atom stereocenters. The highest BCUT2D eigenvalue weighted by Crippen LogP contribution is 2.29. The van der Waals surface area contributed by atoms with Crippen LogP contribution in [0.15, 0.2) is 42.5 Å². The number of fused-ring (bicyclic) bond motifs is 1. The first kappa shape index (κ1) is 14.9. The smallest absolute Gasteiger partial charge is 0.236 e. The van der Waals surface area contributed by atoms with Crippen LogP contribution in [-0.4, -0.2) is 22.0 Å². The Kier molecular flexibility index (Phi) is 3.83. The van der Waals surface area contributed by atoms with Gasteiger partial charge in [0.25, 0.3) is 0 Å². The Bertz CT molecular complexity index is 800. The normalized spacial score (nSPS) is 14.0. The molecule has 22 heavy (non-hydrogen) atoms. The minimum Gasteiger partial charge on any atom is -0.374 e. The minimum atomic E-state index is -3.40. The van der Waals surface area contributed by atoms with Crippen LogP contribution in [0.4, 0.5) is 11.4 Å². The number of nitrogens with one attached hydrogen (secondary N) is 1. The van der Waals surface area contributed by atoms with Gasteiger partial charge in [0.2, 0.25) is 10.0 Å². The minimum absolute atomic E-state index is 0.00827. The van der Waals surface area contributed by atoms with Crippen molar-refractivity contribution in [3.63, 3.8) is 0 Å². The largest absolute Gasteiger partial charge is 0.374 e. The van der Waals surface area contributed by atoms with Crippen LogP contribution in [0.2, 0.25) is 0 Å². The van der Waals surface area contributed by atoms with E-state index in [1.807, 2.05) is 56.4 Å². The summed E-state index contributed by atoms with van der Waals surface area (Å²) in [6.45, 7) is 2.94. The highest BCUT2D eigenvalue weighted by molar-refractivity contribution is 7.91. The molecule has 0 spiro atoms. The third-order valence-electron chi connectivity index (χ3n) is 3.92. The lowest BCUT2D eigenvalue weighted by molar-refractivity contribution is 0.600. The van der Waals surface area contributed by atoms with Gasteiger partial charge in [0, 0.05) is 25.0 Å². The quantitative estimate of drug-likeness (QED) is 0.943. The van der Waals surface area contributed by atoms with E-state index in [0.29, 0.717) is 5.69 Å². The third-order valence-corrected chi connectivity index (χ3v) is 5.18. The van der Waals surface area contributed by atoms with Crippen molar-refractivity contribution in [2.45, 2.75) is 19.1 Å². The average Bonchev–Trinajstić information content (AvgIpc) is 2.79. The lowest BCUT2D eigenvalue weighted by Gasteiger charge is -2.13. The second-order valence-corrected chi connectivity index (χ2v) is 7.59. The molecule has 0 amide bonds. The van der Waals surface area contributed by atoms with E-state index in [1.54, 1.807) is 0 Å². The predicted octanol–water partition coefficient (Wildman–Crippen LogP) is 2.93. The number of nitrogens with zero attached hydrogens (tertiary/aromatic N) is 1. The molecule has 1 aliphatic heterocycles. The van der Waals surface area contributed by atoms with E-state index in [0.717, 1.165) is 24.1 Å². The first-order valence-electron chi connectivity index (χ1n) is 7.33.